The molecule has 164 valence electrons. The molecule has 1 aromatic heterocycles. The molecule has 1 aliphatic heterocycles. The van der Waals surface area contributed by atoms with Gasteiger partial charge in [0.05, 0.1) is 29.6 Å². The molecule has 3 rings (SSSR count). The minimum Gasteiger partial charge on any atom is -0.463 e. The highest BCUT2D eigenvalue weighted by Gasteiger charge is 2.34. The summed E-state index contributed by atoms with van der Waals surface area (Å²) in [5, 5.41) is 9.14. The summed E-state index contributed by atoms with van der Waals surface area (Å²) in [5.74, 6) is -0.918. The van der Waals surface area contributed by atoms with Crippen molar-refractivity contribution in [2.45, 2.75) is 39.7 Å². The van der Waals surface area contributed by atoms with Gasteiger partial charge in [0.15, 0.2) is 5.76 Å². The lowest BCUT2D eigenvalue weighted by Gasteiger charge is -2.29. The van der Waals surface area contributed by atoms with E-state index in [9.17, 15) is 14.4 Å². The van der Waals surface area contributed by atoms with Crippen LogP contribution in [0.25, 0.3) is 0 Å². The van der Waals surface area contributed by atoms with Crippen molar-refractivity contribution < 1.29 is 28.4 Å². The number of esters is 2. The highest BCUT2D eigenvalue weighted by Crippen LogP contribution is 2.28. The van der Waals surface area contributed by atoms with Crippen LogP contribution in [0.4, 0.5) is 4.79 Å². The first-order chi connectivity index (χ1) is 14.8. The molecule has 1 aromatic carbocycles. The monoisotopic (exact) mass is 427 g/mol. The summed E-state index contributed by atoms with van der Waals surface area (Å²) < 4.78 is 15.9. The maximum Gasteiger partial charge on any atom is 0.344 e. The van der Waals surface area contributed by atoms with Gasteiger partial charge in [-0.05, 0) is 19.4 Å². The van der Waals surface area contributed by atoms with E-state index in [4.69, 9.17) is 14.0 Å². The van der Waals surface area contributed by atoms with Crippen LogP contribution in [0.15, 0.2) is 46.1 Å². The number of nitrogens with zero attached hydrogens (tertiary/aromatic N) is 1. The highest BCUT2D eigenvalue weighted by molar-refractivity contribution is 5.96. The second-order valence-corrected chi connectivity index (χ2v) is 7.29. The maximum absolute atomic E-state index is 12.7. The topological polar surface area (TPSA) is 120 Å². The molecule has 0 fully saturated rings. The average molecular weight is 427 g/mol. The van der Waals surface area contributed by atoms with Gasteiger partial charge in [-0.1, -0.05) is 49.3 Å². The minimum absolute atomic E-state index is 0.0703. The number of urea groups is 1. The van der Waals surface area contributed by atoms with Crippen molar-refractivity contribution in [2.75, 3.05) is 13.2 Å². The Hall–Kier alpha value is -3.62. The molecule has 1 aliphatic rings. The zero-order valence-corrected chi connectivity index (χ0v) is 17.9. The van der Waals surface area contributed by atoms with Gasteiger partial charge in [0.1, 0.15) is 12.2 Å². The molecule has 0 aliphatic carbocycles. The minimum atomic E-state index is -0.744. The number of benzene rings is 1. The van der Waals surface area contributed by atoms with Crippen molar-refractivity contribution in [1.29, 1.82) is 0 Å². The lowest BCUT2D eigenvalue weighted by atomic mass is 9.95. The first-order valence-corrected chi connectivity index (χ1v) is 9.99. The van der Waals surface area contributed by atoms with Crippen molar-refractivity contribution in [2.24, 2.45) is 0 Å². The fraction of sp³-hybridized carbons (Fsp3) is 0.364. The Morgan fingerprint density at radius 1 is 1.16 bits per heavy atom. The zero-order chi connectivity index (χ0) is 22.5. The second kappa shape index (κ2) is 9.46. The zero-order valence-electron chi connectivity index (χ0n) is 17.9. The largest absolute Gasteiger partial charge is 0.463 e. The van der Waals surface area contributed by atoms with Crippen molar-refractivity contribution in [3.63, 3.8) is 0 Å². The van der Waals surface area contributed by atoms with Crippen molar-refractivity contribution in [1.82, 2.24) is 15.8 Å². The number of aromatic nitrogens is 1. The number of nitrogens with one attached hydrogen (secondary N) is 2. The maximum atomic E-state index is 12.7. The third-order valence-corrected chi connectivity index (χ3v) is 4.75. The number of hydrogen-bond donors (Lipinski definition) is 2. The lowest BCUT2D eigenvalue weighted by Crippen LogP contribution is -2.47. The van der Waals surface area contributed by atoms with Gasteiger partial charge in [0.25, 0.3) is 0 Å². The predicted molar refractivity (Wildman–Crippen MR) is 110 cm³/mol. The summed E-state index contributed by atoms with van der Waals surface area (Å²) in [4.78, 5) is 37.8. The van der Waals surface area contributed by atoms with E-state index in [0.717, 1.165) is 0 Å². The van der Waals surface area contributed by atoms with Gasteiger partial charge in [0, 0.05) is 5.92 Å². The lowest BCUT2D eigenvalue weighted by molar-refractivity contribution is -0.139. The van der Waals surface area contributed by atoms with E-state index in [1.807, 2.05) is 19.9 Å². The second-order valence-electron chi connectivity index (χ2n) is 7.29. The van der Waals surface area contributed by atoms with E-state index in [-0.39, 0.29) is 36.0 Å². The smallest absolute Gasteiger partial charge is 0.344 e. The number of rotatable bonds is 7. The van der Waals surface area contributed by atoms with E-state index >= 15 is 0 Å². The van der Waals surface area contributed by atoms with Gasteiger partial charge in [-0.2, -0.15) is 0 Å². The molecule has 0 saturated carbocycles. The number of ether oxygens (including phenoxy) is 2. The van der Waals surface area contributed by atoms with Crippen LogP contribution in [-0.2, 0) is 14.3 Å². The number of amides is 2. The normalized spacial score (nSPS) is 16.0. The SMILES string of the molecule is CCOC(=O)C1=C(COC(=O)c2c(C)noc2C(C)C)NC(=O)NC1c1ccccc1. The molecule has 2 N–H and O–H groups in total. The fourth-order valence-electron chi connectivity index (χ4n) is 3.32. The van der Waals surface area contributed by atoms with Gasteiger partial charge in [-0.3, -0.25) is 0 Å². The van der Waals surface area contributed by atoms with Crippen LogP contribution in [-0.4, -0.2) is 36.3 Å². The molecule has 1 unspecified atom stereocenters. The van der Waals surface area contributed by atoms with Crippen molar-refractivity contribution in [3.05, 3.63) is 64.2 Å². The van der Waals surface area contributed by atoms with Gasteiger partial charge in [-0.15, -0.1) is 0 Å². The first kappa shape index (κ1) is 22.1. The molecule has 1 atom stereocenters. The Morgan fingerprint density at radius 3 is 2.52 bits per heavy atom. The van der Waals surface area contributed by atoms with E-state index < -0.39 is 24.0 Å². The summed E-state index contributed by atoms with van der Waals surface area (Å²) in [6, 6.07) is 7.74. The van der Waals surface area contributed by atoms with E-state index in [1.165, 1.54) is 0 Å². The van der Waals surface area contributed by atoms with Crippen LogP contribution in [0, 0.1) is 6.92 Å². The molecule has 0 saturated heterocycles. The van der Waals surface area contributed by atoms with Gasteiger partial charge in [0.2, 0.25) is 0 Å². The molecule has 31 heavy (non-hydrogen) atoms. The summed E-state index contributed by atoms with van der Waals surface area (Å²) in [5.41, 5.74) is 1.68. The molecule has 0 spiro atoms. The molecule has 2 aromatic rings. The highest BCUT2D eigenvalue weighted by atomic mass is 16.5. The number of hydrogen-bond acceptors (Lipinski definition) is 7. The summed E-state index contributed by atoms with van der Waals surface area (Å²) in [7, 11) is 0. The molecule has 9 nitrogen and oxygen atoms in total. The van der Waals surface area contributed by atoms with Crippen LogP contribution in [0.3, 0.4) is 0 Å². The van der Waals surface area contributed by atoms with Crippen LogP contribution < -0.4 is 10.6 Å². The number of carbonyl (C=O) groups is 3. The van der Waals surface area contributed by atoms with Crippen molar-refractivity contribution >= 4 is 18.0 Å². The van der Waals surface area contributed by atoms with E-state index in [1.54, 1.807) is 38.1 Å². The molecule has 2 amide bonds. The third kappa shape index (κ3) is 4.76. The van der Waals surface area contributed by atoms with Gasteiger partial charge < -0.3 is 24.6 Å². The molecular formula is C22H25N3O6. The summed E-state index contributed by atoms with van der Waals surface area (Å²) in [6.45, 7) is 6.90. The van der Waals surface area contributed by atoms with E-state index in [2.05, 4.69) is 15.8 Å². The fourth-order valence-corrected chi connectivity index (χ4v) is 3.32. The van der Waals surface area contributed by atoms with Gasteiger partial charge in [-0.25, -0.2) is 14.4 Å². The molecule has 2 heterocycles. The first-order valence-electron chi connectivity index (χ1n) is 9.99. The van der Waals surface area contributed by atoms with Crippen LogP contribution in [0.2, 0.25) is 0 Å². The van der Waals surface area contributed by atoms with Crippen LogP contribution in [0.1, 0.15) is 60.1 Å². The Balaban J connectivity index is 1.93. The molecular weight excluding hydrogens is 402 g/mol. The molecule has 0 bridgehead atoms. The number of carbonyl (C=O) groups excluding carboxylic acids is 3. The van der Waals surface area contributed by atoms with E-state index in [0.29, 0.717) is 17.0 Å². The number of aryl methyl sites for hydroxylation is 1. The van der Waals surface area contributed by atoms with Crippen molar-refractivity contribution in [3.8, 4) is 0 Å². The Kier molecular flexibility index (Phi) is 6.74. The van der Waals surface area contributed by atoms with Crippen LogP contribution in [0.5, 0.6) is 0 Å². The molecule has 9 heteroatoms. The van der Waals surface area contributed by atoms with Crippen LogP contribution >= 0.6 is 0 Å². The molecule has 0 radical (unpaired) electrons. The quantitative estimate of drug-likeness (QED) is 0.651. The predicted octanol–water partition coefficient (Wildman–Crippen LogP) is 3.13. The average Bonchev–Trinajstić information content (AvgIpc) is 3.14. The third-order valence-electron chi connectivity index (χ3n) is 4.75. The Bertz CT molecular complexity index is 1010. The van der Waals surface area contributed by atoms with Gasteiger partial charge >= 0.3 is 18.0 Å². The summed E-state index contributed by atoms with van der Waals surface area (Å²) in [6.07, 6.45) is 0. The summed E-state index contributed by atoms with van der Waals surface area (Å²) >= 11 is 0. The Morgan fingerprint density at radius 2 is 1.87 bits per heavy atom. The standard InChI is InChI=1S/C22H25N3O6/c1-5-29-21(27)17-15(23-22(28)24-18(17)14-9-7-6-8-10-14)11-30-20(26)16-13(4)25-31-19(16)12(2)3/h6-10,12,18H,5,11H2,1-4H3,(H2,23,24,28). The Labute approximate surface area is 179 Å².